The quantitative estimate of drug-likeness (QED) is 0.791. The lowest BCUT2D eigenvalue weighted by atomic mass is 10.1. The Kier molecular flexibility index (Phi) is 5.50. The number of nitrogens with one attached hydrogen (secondary N) is 1. The van der Waals surface area contributed by atoms with Crippen molar-refractivity contribution in [2.75, 3.05) is 12.4 Å². The average molecular weight is 253 g/mol. The fourth-order valence-electron chi connectivity index (χ4n) is 1.48. The molecule has 0 spiro atoms. The van der Waals surface area contributed by atoms with Crippen molar-refractivity contribution < 1.29 is 5.11 Å². The summed E-state index contributed by atoms with van der Waals surface area (Å²) in [7, 11) is 0. The van der Waals surface area contributed by atoms with Crippen molar-refractivity contribution in [3.8, 4) is 0 Å². The molecule has 3 heteroatoms. The van der Waals surface area contributed by atoms with Crippen molar-refractivity contribution in [3.63, 3.8) is 0 Å². The number of hydrogen-bond donors (Lipinski definition) is 2. The number of thioether (sulfide) groups is 1. The molecule has 1 rings (SSSR count). The Morgan fingerprint density at radius 2 is 2.00 bits per heavy atom. The van der Waals surface area contributed by atoms with Crippen molar-refractivity contribution in [2.45, 2.75) is 44.7 Å². The number of aliphatic hydroxyl groups is 1. The van der Waals surface area contributed by atoms with E-state index in [1.54, 1.807) is 11.8 Å². The SMILES string of the molecule is Cc1cc(SCCO)ccc1CNC(C)(C)C. The van der Waals surface area contributed by atoms with Crippen LogP contribution in [0.5, 0.6) is 0 Å². The molecule has 0 atom stereocenters. The normalized spacial score (nSPS) is 11.8. The van der Waals surface area contributed by atoms with Gasteiger partial charge in [-0.05, 0) is 51.0 Å². The van der Waals surface area contributed by atoms with Crippen LogP contribution in [0.1, 0.15) is 31.9 Å². The van der Waals surface area contributed by atoms with Gasteiger partial charge in [0, 0.05) is 22.7 Å². The maximum absolute atomic E-state index is 8.79. The van der Waals surface area contributed by atoms with Crippen molar-refractivity contribution in [1.29, 1.82) is 0 Å². The van der Waals surface area contributed by atoms with E-state index < -0.39 is 0 Å². The maximum atomic E-state index is 8.79. The highest BCUT2D eigenvalue weighted by Gasteiger charge is 2.09. The van der Waals surface area contributed by atoms with Crippen LogP contribution in [0.2, 0.25) is 0 Å². The van der Waals surface area contributed by atoms with Crippen LogP contribution in [0.4, 0.5) is 0 Å². The molecule has 0 unspecified atom stereocenters. The molecular formula is C14H23NOS. The molecule has 0 aromatic heterocycles. The molecular weight excluding hydrogens is 230 g/mol. The zero-order valence-electron chi connectivity index (χ0n) is 11.2. The van der Waals surface area contributed by atoms with E-state index in [-0.39, 0.29) is 12.1 Å². The van der Waals surface area contributed by atoms with Gasteiger partial charge < -0.3 is 10.4 Å². The molecule has 0 saturated heterocycles. The van der Waals surface area contributed by atoms with E-state index in [4.69, 9.17) is 5.11 Å². The van der Waals surface area contributed by atoms with Gasteiger partial charge >= 0.3 is 0 Å². The zero-order valence-corrected chi connectivity index (χ0v) is 12.0. The summed E-state index contributed by atoms with van der Waals surface area (Å²) in [6.45, 7) is 9.80. The van der Waals surface area contributed by atoms with Crippen molar-refractivity contribution in [3.05, 3.63) is 29.3 Å². The molecule has 0 aliphatic heterocycles. The molecule has 0 amide bonds. The number of hydrogen-bond acceptors (Lipinski definition) is 3. The van der Waals surface area contributed by atoms with Crippen LogP contribution in [-0.4, -0.2) is 23.0 Å². The highest BCUT2D eigenvalue weighted by atomic mass is 32.2. The van der Waals surface area contributed by atoms with Crippen LogP contribution in [0.3, 0.4) is 0 Å². The monoisotopic (exact) mass is 253 g/mol. The highest BCUT2D eigenvalue weighted by molar-refractivity contribution is 7.99. The Balaban J connectivity index is 2.63. The Morgan fingerprint density at radius 3 is 2.53 bits per heavy atom. The molecule has 0 aliphatic rings. The summed E-state index contributed by atoms with van der Waals surface area (Å²) in [5, 5.41) is 12.3. The first-order chi connectivity index (χ1) is 7.92. The van der Waals surface area contributed by atoms with Crippen LogP contribution in [0.25, 0.3) is 0 Å². The Bertz CT molecular complexity index is 358. The second-order valence-corrected chi connectivity index (χ2v) is 6.43. The first kappa shape index (κ1) is 14.6. The van der Waals surface area contributed by atoms with E-state index in [9.17, 15) is 0 Å². The molecule has 0 bridgehead atoms. The van der Waals surface area contributed by atoms with Gasteiger partial charge in [0.2, 0.25) is 0 Å². The first-order valence-corrected chi connectivity index (χ1v) is 6.99. The molecule has 2 nitrogen and oxygen atoms in total. The Morgan fingerprint density at radius 1 is 1.29 bits per heavy atom. The van der Waals surface area contributed by atoms with Crippen LogP contribution < -0.4 is 5.32 Å². The first-order valence-electron chi connectivity index (χ1n) is 6.00. The second-order valence-electron chi connectivity index (χ2n) is 5.26. The average Bonchev–Trinajstić information content (AvgIpc) is 2.23. The van der Waals surface area contributed by atoms with E-state index in [2.05, 4.69) is 51.2 Å². The summed E-state index contributed by atoms with van der Waals surface area (Å²) < 4.78 is 0. The minimum atomic E-state index is 0.150. The van der Waals surface area contributed by atoms with Gasteiger partial charge in [0.05, 0.1) is 6.61 Å². The minimum Gasteiger partial charge on any atom is -0.396 e. The summed E-state index contributed by atoms with van der Waals surface area (Å²) in [4.78, 5) is 1.23. The molecule has 0 saturated carbocycles. The van der Waals surface area contributed by atoms with E-state index in [0.29, 0.717) is 0 Å². The predicted octanol–water partition coefficient (Wildman–Crippen LogP) is 2.97. The zero-order chi connectivity index (χ0) is 12.9. The van der Waals surface area contributed by atoms with Gasteiger partial charge in [-0.1, -0.05) is 6.07 Å². The predicted molar refractivity (Wildman–Crippen MR) is 75.6 cm³/mol. The third-order valence-corrected chi connectivity index (χ3v) is 3.46. The van der Waals surface area contributed by atoms with E-state index >= 15 is 0 Å². The lowest BCUT2D eigenvalue weighted by molar-refractivity contribution is 0.322. The molecule has 17 heavy (non-hydrogen) atoms. The summed E-state index contributed by atoms with van der Waals surface area (Å²) in [6, 6.07) is 6.50. The maximum Gasteiger partial charge on any atom is 0.0525 e. The van der Waals surface area contributed by atoms with E-state index in [1.807, 2.05) is 0 Å². The van der Waals surface area contributed by atoms with Crippen LogP contribution in [-0.2, 0) is 6.54 Å². The Hall–Kier alpha value is -0.510. The largest absolute Gasteiger partial charge is 0.396 e. The molecule has 0 fully saturated rings. The summed E-state index contributed by atoms with van der Waals surface area (Å²) in [5.74, 6) is 0.763. The third-order valence-electron chi connectivity index (χ3n) is 2.48. The van der Waals surface area contributed by atoms with Gasteiger partial charge in [0.15, 0.2) is 0 Å². The molecule has 0 heterocycles. The lowest BCUT2D eigenvalue weighted by Crippen LogP contribution is -2.35. The summed E-state index contributed by atoms with van der Waals surface area (Å²) in [6.07, 6.45) is 0. The van der Waals surface area contributed by atoms with Crippen molar-refractivity contribution >= 4 is 11.8 Å². The molecule has 1 aromatic rings. The second kappa shape index (κ2) is 6.43. The highest BCUT2D eigenvalue weighted by Crippen LogP contribution is 2.21. The fourth-order valence-corrected chi connectivity index (χ4v) is 2.23. The number of aliphatic hydroxyl groups excluding tert-OH is 1. The molecule has 2 N–H and O–H groups in total. The Labute approximate surface area is 109 Å². The number of benzene rings is 1. The molecule has 1 aromatic carbocycles. The van der Waals surface area contributed by atoms with Crippen molar-refractivity contribution in [2.24, 2.45) is 0 Å². The summed E-state index contributed by atoms with van der Waals surface area (Å²) in [5.41, 5.74) is 2.80. The van der Waals surface area contributed by atoms with Gasteiger partial charge in [-0.2, -0.15) is 0 Å². The van der Waals surface area contributed by atoms with Gasteiger partial charge in [-0.3, -0.25) is 0 Å². The number of rotatable bonds is 5. The molecule has 96 valence electrons. The van der Waals surface area contributed by atoms with Crippen LogP contribution >= 0.6 is 11.8 Å². The van der Waals surface area contributed by atoms with Gasteiger partial charge in [0.1, 0.15) is 0 Å². The molecule has 0 aliphatic carbocycles. The van der Waals surface area contributed by atoms with E-state index in [0.717, 1.165) is 12.3 Å². The third kappa shape index (κ3) is 5.57. The fraction of sp³-hybridized carbons (Fsp3) is 0.571. The van der Waals surface area contributed by atoms with Crippen molar-refractivity contribution in [1.82, 2.24) is 5.32 Å². The van der Waals surface area contributed by atoms with Crippen LogP contribution in [0.15, 0.2) is 23.1 Å². The van der Waals surface area contributed by atoms with E-state index in [1.165, 1.54) is 16.0 Å². The summed E-state index contributed by atoms with van der Waals surface area (Å²) >= 11 is 1.70. The topological polar surface area (TPSA) is 32.3 Å². The van der Waals surface area contributed by atoms with Gasteiger partial charge in [-0.15, -0.1) is 11.8 Å². The smallest absolute Gasteiger partial charge is 0.0525 e. The van der Waals surface area contributed by atoms with Crippen LogP contribution in [0, 0.1) is 6.92 Å². The number of aryl methyl sites for hydroxylation is 1. The minimum absolute atomic E-state index is 0.150. The van der Waals surface area contributed by atoms with Gasteiger partial charge in [0.25, 0.3) is 0 Å². The lowest BCUT2D eigenvalue weighted by Gasteiger charge is -2.21. The standard InChI is InChI=1S/C14H23NOS/c1-11-9-13(17-8-7-16)6-5-12(11)10-15-14(2,3)4/h5-6,9,15-16H,7-8,10H2,1-4H3. The molecule has 0 radical (unpaired) electrons. The van der Waals surface area contributed by atoms with Gasteiger partial charge in [-0.25, -0.2) is 0 Å².